The first kappa shape index (κ1) is 14.0. The van der Waals surface area contributed by atoms with E-state index in [0.29, 0.717) is 18.7 Å². The Hall–Kier alpha value is -2.02. The topological polar surface area (TPSA) is 53.3 Å². The average Bonchev–Trinajstić information content (AvgIpc) is 2.37. The van der Waals surface area contributed by atoms with Crippen LogP contribution in [0, 0.1) is 11.3 Å². The molecule has 4 heteroatoms. The number of carbonyl (C=O) groups is 1. The van der Waals surface area contributed by atoms with Crippen LogP contribution >= 0.6 is 0 Å². The fourth-order valence-corrected chi connectivity index (χ4v) is 1.77. The van der Waals surface area contributed by atoms with Crippen molar-refractivity contribution in [1.82, 2.24) is 0 Å². The van der Waals surface area contributed by atoms with E-state index < -0.39 is 0 Å². The number of para-hydroxylation sites is 1. The molecule has 1 rings (SSSR count). The molecule has 4 nitrogen and oxygen atoms in total. The van der Waals surface area contributed by atoms with Crippen molar-refractivity contribution in [3.63, 3.8) is 0 Å². The van der Waals surface area contributed by atoms with Crippen LogP contribution < -0.4 is 4.90 Å². The molecule has 0 saturated heterocycles. The Labute approximate surface area is 108 Å². The molecule has 1 aromatic carbocycles. The number of nitriles is 1. The van der Waals surface area contributed by atoms with Gasteiger partial charge in [0.1, 0.15) is 12.7 Å². The number of nitrogens with zero attached hydrogens (tertiary/aromatic N) is 2. The number of benzene rings is 1. The third kappa shape index (κ3) is 4.10. The Kier molecular flexibility index (Phi) is 5.72. The Balaban J connectivity index is 2.77. The molecular formula is C14H18N2O2. The molecule has 1 aromatic rings. The first-order chi connectivity index (χ1) is 8.69. The molecule has 0 saturated carbocycles. The number of hydrogen-bond donors (Lipinski definition) is 0. The lowest BCUT2D eigenvalue weighted by molar-refractivity contribution is -0.140. The smallest absolute Gasteiger partial charge is 0.302 e. The van der Waals surface area contributed by atoms with Crippen LogP contribution in [-0.2, 0) is 9.53 Å². The maximum Gasteiger partial charge on any atom is 0.302 e. The standard InChI is InChI=1S/C14H18N2O2/c1-3-8-16(9-10-18-12(2)17)14-7-5-4-6-13(14)11-15/h4-7H,3,8-10H2,1-2H3. The Morgan fingerprint density at radius 2 is 2.11 bits per heavy atom. The molecule has 0 unspecified atom stereocenters. The minimum atomic E-state index is -0.278. The van der Waals surface area contributed by atoms with Crippen molar-refractivity contribution in [2.75, 3.05) is 24.6 Å². The van der Waals surface area contributed by atoms with Crippen LogP contribution in [0.15, 0.2) is 24.3 Å². The summed E-state index contributed by atoms with van der Waals surface area (Å²) in [6, 6.07) is 9.65. The number of esters is 1. The Morgan fingerprint density at radius 3 is 2.72 bits per heavy atom. The molecule has 0 aromatic heterocycles. The molecule has 96 valence electrons. The number of rotatable bonds is 6. The van der Waals surface area contributed by atoms with E-state index in [9.17, 15) is 4.79 Å². The Morgan fingerprint density at radius 1 is 1.39 bits per heavy atom. The highest BCUT2D eigenvalue weighted by Gasteiger charge is 2.10. The van der Waals surface area contributed by atoms with Gasteiger partial charge in [-0.05, 0) is 18.6 Å². The highest BCUT2D eigenvalue weighted by atomic mass is 16.5. The van der Waals surface area contributed by atoms with Crippen LogP contribution in [0.3, 0.4) is 0 Å². The van der Waals surface area contributed by atoms with Crippen molar-refractivity contribution in [2.24, 2.45) is 0 Å². The van der Waals surface area contributed by atoms with Gasteiger partial charge in [-0.15, -0.1) is 0 Å². The quantitative estimate of drug-likeness (QED) is 0.723. The lowest BCUT2D eigenvalue weighted by Gasteiger charge is -2.24. The van der Waals surface area contributed by atoms with Gasteiger partial charge in [-0.2, -0.15) is 5.26 Å². The van der Waals surface area contributed by atoms with Gasteiger partial charge in [-0.3, -0.25) is 4.79 Å². The minimum Gasteiger partial charge on any atom is -0.464 e. The number of hydrogen-bond acceptors (Lipinski definition) is 4. The highest BCUT2D eigenvalue weighted by molar-refractivity contribution is 5.66. The zero-order chi connectivity index (χ0) is 13.4. The second-order valence-electron chi connectivity index (χ2n) is 3.96. The van der Waals surface area contributed by atoms with Crippen LogP contribution in [0.2, 0.25) is 0 Å². The van der Waals surface area contributed by atoms with E-state index in [1.165, 1.54) is 6.92 Å². The molecule has 0 atom stereocenters. The van der Waals surface area contributed by atoms with Gasteiger partial charge in [0.25, 0.3) is 0 Å². The van der Waals surface area contributed by atoms with Crippen molar-refractivity contribution in [3.8, 4) is 6.07 Å². The second kappa shape index (κ2) is 7.33. The molecule has 0 bridgehead atoms. The normalized spacial score (nSPS) is 9.61. The molecule has 0 fully saturated rings. The van der Waals surface area contributed by atoms with E-state index in [4.69, 9.17) is 10.00 Å². The molecule has 0 spiro atoms. The van der Waals surface area contributed by atoms with Gasteiger partial charge >= 0.3 is 5.97 Å². The zero-order valence-electron chi connectivity index (χ0n) is 10.8. The van der Waals surface area contributed by atoms with Crippen molar-refractivity contribution >= 4 is 11.7 Å². The van der Waals surface area contributed by atoms with E-state index in [1.807, 2.05) is 18.2 Å². The van der Waals surface area contributed by atoms with Gasteiger partial charge in [0, 0.05) is 13.5 Å². The fourth-order valence-electron chi connectivity index (χ4n) is 1.77. The third-order valence-electron chi connectivity index (χ3n) is 2.53. The maximum atomic E-state index is 10.7. The monoisotopic (exact) mass is 246 g/mol. The van der Waals surface area contributed by atoms with Crippen LogP contribution in [0.5, 0.6) is 0 Å². The van der Waals surface area contributed by atoms with Crippen LogP contribution in [0.25, 0.3) is 0 Å². The largest absolute Gasteiger partial charge is 0.464 e. The molecule has 0 N–H and O–H groups in total. The van der Waals surface area contributed by atoms with Crippen LogP contribution in [0.4, 0.5) is 5.69 Å². The van der Waals surface area contributed by atoms with Gasteiger partial charge in [0.15, 0.2) is 0 Å². The summed E-state index contributed by atoms with van der Waals surface area (Å²) in [4.78, 5) is 12.8. The minimum absolute atomic E-state index is 0.278. The number of carbonyl (C=O) groups excluding carboxylic acids is 1. The first-order valence-electron chi connectivity index (χ1n) is 6.06. The maximum absolute atomic E-state index is 10.7. The SMILES string of the molecule is CCCN(CCOC(C)=O)c1ccccc1C#N. The summed E-state index contributed by atoms with van der Waals surface area (Å²) < 4.78 is 4.95. The molecule has 0 aliphatic carbocycles. The van der Waals surface area contributed by atoms with E-state index >= 15 is 0 Å². The fraction of sp³-hybridized carbons (Fsp3) is 0.429. The van der Waals surface area contributed by atoms with Crippen molar-refractivity contribution < 1.29 is 9.53 Å². The van der Waals surface area contributed by atoms with Gasteiger partial charge in [-0.1, -0.05) is 19.1 Å². The Bertz CT molecular complexity index is 438. The highest BCUT2D eigenvalue weighted by Crippen LogP contribution is 2.19. The summed E-state index contributed by atoms with van der Waals surface area (Å²) in [6.07, 6.45) is 0.972. The molecule has 0 heterocycles. The lowest BCUT2D eigenvalue weighted by Crippen LogP contribution is -2.29. The predicted molar refractivity (Wildman–Crippen MR) is 70.3 cm³/mol. The first-order valence-corrected chi connectivity index (χ1v) is 6.06. The molecule has 0 amide bonds. The summed E-state index contributed by atoms with van der Waals surface area (Å²) in [6.45, 7) is 5.25. The van der Waals surface area contributed by atoms with Crippen molar-refractivity contribution in [3.05, 3.63) is 29.8 Å². The lowest BCUT2D eigenvalue weighted by atomic mass is 10.1. The number of ether oxygens (including phenoxy) is 1. The molecule has 18 heavy (non-hydrogen) atoms. The van der Waals surface area contributed by atoms with Crippen LogP contribution in [-0.4, -0.2) is 25.7 Å². The molecule has 0 aliphatic rings. The summed E-state index contributed by atoms with van der Waals surface area (Å²) in [5.74, 6) is -0.278. The van der Waals surface area contributed by atoms with E-state index in [1.54, 1.807) is 6.07 Å². The second-order valence-corrected chi connectivity index (χ2v) is 3.96. The van der Waals surface area contributed by atoms with E-state index in [0.717, 1.165) is 18.7 Å². The summed E-state index contributed by atoms with van der Waals surface area (Å²) >= 11 is 0. The summed E-state index contributed by atoms with van der Waals surface area (Å²) in [5.41, 5.74) is 1.54. The number of anilines is 1. The summed E-state index contributed by atoms with van der Waals surface area (Å²) in [7, 11) is 0. The zero-order valence-corrected chi connectivity index (χ0v) is 10.8. The third-order valence-corrected chi connectivity index (χ3v) is 2.53. The molecular weight excluding hydrogens is 228 g/mol. The van der Waals surface area contributed by atoms with E-state index in [-0.39, 0.29) is 5.97 Å². The van der Waals surface area contributed by atoms with Crippen molar-refractivity contribution in [1.29, 1.82) is 5.26 Å². The van der Waals surface area contributed by atoms with Gasteiger partial charge < -0.3 is 9.64 Å². The summed E-state index contributed by atoms with van der Waals surface area (Å²) in [5, 5.41) is 9.09. The van der Waals surface area contributed by atoms with Crippen molar-refractivity contribution in [2.45, 2.75) is 20.3 Å². The van der Waals surface area contributed by atoms with Crippen LogP contribution in [0.1, 0.15) is 25.8 Å². The molecule has 0 aliphatic heterocycles. The average molecular weight is 246 g/mol. The van der Waals surface area contributed by atoms with Gasteiger partial charge in [0.05, 0.1) is 17.8 Å². The predicted octanol–water partition coefficient (Wildman–Crippen LogP) is 2.34. The van der Waals surface area contributed by atoms with Gasteiger partial charge in [-0.25, -0.2) is 0 Å². The van der Waals surface area contributed by atoms with E-state index in [2.05, 4.69) is 17.9 Å². The van der Waals surface area contributed by atoms with Gasteiger partial charge in [0.2, 0.25) is 0 Å². The molecule has 0 radical (unpaired) electrons.